The summed E-state index contributed by atoms with van der Waals surface area (Å²) < 4.78 is -0.272. The predicted octanol–water partition coefficient (Wildman–Crippen LogP) is 3.06. The Bertz CT molecular complexity index is 147. The summed E-state index contributed by atoms with van der Waals surface area (Å²) in [6.45, 7) is 3.45. The first-order chi connectivity index (χ1) is 4.19. The Morgan fingerprint density at radius 1 is 1.30 bits per heavy atom. The molecule has 60 valence electrons. The van der Waals surface area contributed by atoms with Gasteiger partial charge in [0.1, 0.15) is -0.565 Å². The molecule has 0 amide bonds. The summed E-state index contributed by atoms with van der Waals surface area (Å²) in [5.41, 5.74) is -0.686. The Morgan fingerprint density at radius 2 is 1.60 bits per heavy atom. The summed E-state index contributed by atoms with van der Waals surface area (Å²) in [5, 5.41) is 8.76. The van der Waals surface area contributed by atoms with Crippen LogP contribution in [-0.4, -0.2) is 10.5 Å². The minimum absolute atomic E-state index is 0.272. The van der Waals surface area contributed by atoms with Crippen molar-refractivity contribution in [3.8, 4) is 0 Å². The van der Waals surface area contributed by atoms with E-state index in [2.05, 4.69) is 67.8 Å². The largest absolute Gasteiger partial charge is 0.481 e. The maximum Gasteiger partial charge on any atom is 0.312 e. The maximum absolute atomic E-state index is 10.7. The van der Waals surface area contributed by atoms with Crippen molar-refractivity contribution in [1.29, 1.82) is 0 Å². The summed E-state index contributed by atoms with van der Waals surface area (Å²) >= 11 is 6.38. The molecule has 0 aromatic rings. The first-order valence-corrected chi connectivity index (χ1v) is 5.73. The van der Waals surface area contributed by atoms with Crippen LogP contribution in [0.25, 0.3) is 0 Å². The third kappa shape index (κ3) is 2.61. The maximum atomic E-state index is 10.7. The second-order valence-electron chi connectivity index (χ2n) is 2.43. The molecule has 1 N–H and O–H groups in total. The van der Waals surface area contributed by atoms with Crippen molar-refractivity contribution >= 4 is 73.7 Å². The van der Waals surface area contributed by atoms with Crippen molar-refractivity contribution < 1.29 is 9.90 Å². The topological polar surface area (TPSA) is 37.3 Å². The third-order valence-corrected chi connectivity index (χ3v) is 5.29. The number of carbonyl (C=O) groups is 1. The monoisotopic (exact) mass is 480 g/mol. The highest BCUT2D eigenvalue weighted by Gasteiger charge is 2.44. The average molecular weight is 480 g/mol. The number of carboxylic acid groups (broad SMARTS) is 1. The fourth-order valence-corrected chi connectivity index (χ4v) is 0.813. The van der Waals surface area contributed by atoms with E-state index in [1.807, 2.05) is 0 Å². The van der Waals surface area contributed by atoms with E-state index in [1.165, 1.54) is 0 Å². The molecule has 0 radical (unpaired) electrons. The quantitative estimate of drug-likeness (QED) is 0.488. The average Bonchev–Trinajstić information content (AvgIpc) is 1.62. The summed E-state index contributed by atoms with van der Waals surface area (Å²) in [4.78, 5) is 10.7. The summed E-state index contributed by atoms with van der Waals surface area (Å²) in [7, 11) is 0. The molecule has 10 heavy (non-hydrogen) atoms. The van der Waals surface area contributed by atoms with Crippen molar-refractivity contribution in [2.75, 3.05) is 0 Å². The van der Waals surface area contributed by atoms with Gasteiger partial charge in [0.15, 0.2) is 0 Å². The van der Waals surface area contributed by atoms with Crippen LogP contribution in [0.3, 0.4) is 0 Å². The van der Waals surface area contributed by atoms with Crippen LogP contribution in [0.5, 0.6) is 0 Å². The molecule has 2 nitrogen and oxygen atoms in total. The van der Waals surface area contributed by atoms with Crippen LogP contribution in [-0.2, 0) is 4.79 Å². The first-order valence-electron chi connectivity index (χ1n) is 2.49. The van der Waals surface area contributed by atoms with E-state index >= 15 is 0 Å². The van der Waals surface area contributed by atoms with Gasteiger partial charge in [-0.15, -0.1) is 0 Å². The molecule has 0 spiro atoms. The van der Waals surface area contributed by atoms with E-state index in [0.717, 1.165) is 0 Å². The lowest BCUT2D eigenvalue weighted by Gasteiger charge is -2.28. The van der Waals surface area contributed by atoms with Gasteiger partial charge in [0.05, 0.1) is 5.41 Å². The zero-order chi connectivity index (χ0) is 8.58. The standard InChI is InChI=1S/C5H7I3O2/c1-4(2,3(9)10)5(6,7)8/h1-2H3,(H,9,10). The molecule has 5 heteroatoms. The zero-order valence-electron chi connectivity index (χ0n) is 5.49. The normalized spacial score (nSPS) is 13.3. The second kappa shape index (κ2) is 3.58. The number of alkyl halides is 3. The van der Waals surface area contributed by atoms with Gasteiger partial charge in [0, 0.05) is 0 Å². The number of rotatable bonds is 2. The Balaban J connectivity index is 4.57. The molecular weight excluding hydrogens is 473 g/mol. The predicted molar refractivity (Wildman–Crippen MR) is 66.2 cm³/mol. The van der Waals surface area contributed by atoms with Crippen molar-refractivity contribution in [3.05, 3.63) is 0 Å². The van der Waals surface area contributed by atoms with Gasteiger partial charge in [-0.05, 0) is 13.8 Å². The molecule has 0 heterocycles. The van der Waals surface area contributed by atoms with Crippen LogP contribution in [0.1, 0.15) is 13.8 Å². The molecule has 0 bridgehead atoms. The molecule has 0 aromatic carbocycles. The van der Waals surface area contributed by atoms with Crippen LogP contribution in [0.15, 0.2) is 0 Å². The van der Waals surface area contributed by atoms with Gasteiger partial charge < -0.3 is 5.11 Å². The summed E-state index contributed by atoms with van der Waals surface area (Å²) in [6.07, 6.45) is 0. The van der Waals surface area contributed by atoms with Gasteiger partial charge >= 0.3 is 5.97 Å². The lowest BCUT2D eigenvalue weighted by Crippen LogP contribution is -2.35. The SMILES string of the molecule is CC(C)(C(=O)O)C(I)(I)I. The molecule has 0 aromatic heterocycles. The van der Waals surface area contributed by atoms with E-state index in [9.17, 15) is 4.79 Å². The highest BCUT2D eigenvalue weighted by molar-refractivity contribution is 14.3. The minimum Gasteiger partial charge on any atom is -0.481 e. The number of hydrogen-bond donors (Lipinski definition) is 1. The van der Waals surface area contributed by atoms with Crippen molar-refractivity contribution in [3.63, 3.8) is 0 Å². The molecule has 0 aliphatic rings. The number of halogens is 3. The van der Waals surface area contributed by atoms with E-state index in [1.54, 1.807) is 13.8 Å². The van der Waals surface area contributed by atoms with Crippen LogP contribution in [0, 0.1) is 5.41 Å². The van der Waals surface area contributed by atoms with Crippen LogP contribution >= 0.6 is 67.8 Å². The van der Waals surface area contributed by atoms with Gasteiger partial charge in [-0.1, -0.05) is 67.8 Å². The second-order valence-corrected chi connectivity index (χ2v) is 13.5. The fourth-order valence-electron chi connectivity index (χ4n) is 0.121. The molecule has 0 unspecified atom stereocenters. The Morgan fingerprint density at radius 3 is 1.60 bits per heavy atom. The van der Waals surface area contributed by atoms with E-state index in [-0.39, 0.29) is -0.565 Å². The zero-order valence-corrected chi connectivity index (χ0v) is 12.0. The van der Waals surface area contributed by atoms with Gasteiger partial charge in [-0.2, -0.15) is 0 Å². The highest BCUT2D eigenvalue weighted by atomic mass is 127. The fraction of sp³-hybridized carbons (Fsp3) is 0.800. The van der Waals surface area contributed by atoms with Crippen molar-refractivity contribution in [2.45, 2.75) is 13.3 Å². The Hall–Kier alpha value is 1.66. The van der Waals surface area contributed by atoms with Crippen LogP contribution < -0.4 is 0 Å². The number of carboxylic acids is 1. The summed E-state index contributed by atoms with van der Waals surface area (Å²) in [6, 6.07) is 0. The molecule has 0 saturated heterocycles. The summed E-state index contributed by atoms with van der Waals surface area (Å²) in [5.74, 6) is -0.759. The minimum atomic E-state index is -0.759. The molecule has 0 atom stereocenters. The lowest BCUT2D eigenvalue weighted by molar-refractivity contribution is -0.145. The van der Waals surface area contributed by atoms with Gasteiger partial charge in [0.25, 0.3) is 0 Å². The first kappa shape index (κ1) is 11.7. The van der Waals surface area contributed by atoms with E-state index in [4.69, 9.17) is 5.11 Å². The number of aliphatic carboxylic acids is 1. The molecule has 0 fully saturated rings. The lowest BCUT2D eigenvalue weighted by atomic mass is 9.97. The van der Waals surface area contributed by atoms with E-state index in [0.29, 0.717) is 0 Å². The molecular formula is C5H7I3O2. The van der Waals surface area contributed by atoms with E-state index < -0.39 is 11.4 Å². The molecule has 0 aliphatic heterocycles. The molecule has 0 saturated carbocycles. The van der Waals surface area contributed by atoms with Gasteiger partial charge in [-0.3, -0.25) is 4.79 Å². The van der Waals surface area contributed by atoms with Crippen molar-refractivity contribution in [2.24, 2.45) is 5.41 Å². The molecule has 0 rings (SSSR count). The number of hydrogen-bond acceptors (Lipinski definition) is 1. The van der Waals surface area contributed by atoms with Crippen LogP contribution in [0.2, 0.25) is 0 Å². The van der Waals surface area contributed by atoms with Gasteiger partial charge in [0.2, 0.25) is 0 Å². The van der Waals surface area contributed by atoms with Crippen LogP contribution in [0.4, 0.5) is 0 Å². The van der Waals surface area contributed by atoms with Crippen molar-refractivity contribution in [1.82, 2.24) is 0 Å². The highest BCUT2D eigenvalue weighted by Crippen LogP contribution is 2.50. The van der Waals surface area contributed by atoms with Gasteiger partial charge in [-0.25, -0.2) is 0 Å². The Kier molecular flexibility index (Phi) is 4.18. The Labute approximate surface area is 101 Å². The molecule has 0 aliphatic carbocycles. The smallest absolute Gasteiger partial charge is 0.312 e. The third-order valence-electron chi connectivity index (χ3n) is 1.24.